The van der Waals surface area contributed by atoms with Crippen LogP contribution in [0.3, 0.4) is 0 Å². The molecule has 0 spiro atoms. The van der Waals surface area contributed by atoms with Crippen LogP contribution >= 0.6 is 0 Å². The van der Waals surface area contributed by atoms with E-state index in [2.05, 4.69) is 90.7 Å². The fraction of sp³-hybridized carbons (Fsp3) is 0.385. The summed E-state index contributed by atoms with van der Waals surface area (Å²) < 4.78 is 0. The van der Waals surface area contributed by atoms with Gasteiger partial charge in [-0.25, -0.2) is 0 Å². The Morgan fingerprint density at radius 2 is 0.978 bits per heavy atom. The first kappa shape index (κ1) is 32.1. The summed E-state index contributed by atoms with van der Waals surface area (Å²) in [5.74, 6) is 0.768. The van der Waals surface area contributed by atoms with E-state index >= 15 is 0 Å². The van der Waals surface area contributed by atoms with Gasteiger partial charge in [-0.15, -0.1) is 15.0 Å². The molecule has 0 saturated carbocycles. The van der Waals surface area contributed by atoms with Crippen molar-refractivity contribution in [1.82, 2.24) is 15.0 Å². The maximum atomic E-state index is 11.6. The van der Waals surface area contributed by atoms with Crippen molar-refractivity contribution in [2.75, 3.05) is 0 Å². The van der Waals surface area contributed by atoms with Crippen molar-refractivity contribution in [3.8, 4) is 22.9 Å². The average Bonchev–Trinajstić information content (AvgIpc) is 3.35. The van der Waals surface area contributed by atoms with E-state index in [1.54, 1.807) is 0 Å². The second-order valence-corrected chi connectivity index (χ2v) is 15.6. The van der Waals surface area contributed by atoms with Crippen LogP contribution in [0.5, 0.6) is 17.2 Å². The summed E-state index contributed by atoms with van der Waals surface area (Å²) in [7, 11) is 0. The predicted octanol–water partition coefficient (Wildman–Crippen LogP) is 8.92. The lowest BCUT2D eigenvalue weighted by Crippen LogP contribution is -2.18. The van der Waals surface area contributed by atoms with Gasteiger partial charge in [-0.05, 0) is 80.3 Å². The summed E-state index contributed by atoms with van der Waals surface area (Å²) in [6.45, 7) is 21.0. The van der Waals surface area contributed by atoms with Gasteiger partial charge in [0.1, 0.15) is 34.0 Å². The summed E-state index contributed by atoms with van der Waals surface area (Å²) >= 11 is 0. The van der Waals surface area contributed by atoms with E-state index in [9.17, 15) is 15.3 Å². The Labute approximate surface area is 267 Å². The first-order valence-corrected chi connectivity index (χ1v) is 15.7. The molecule has 0 saturated heterocycles. The van der Waals surface area contributed by atoms with Crippen molar-refractivity contribution in [3.63, 3.8) is 0 Å². The molecule has 0 radical (unpaired) electrons. The van der Waals surface area contributed by atoms with Gasteiger partial charge < -0.3 is 15.3 Å². The highest BCUT2D eigenvalue weighted by Crippen LogP contribution is 2.42. The molecular formula is C39H47N3O3. The first-order valence-electron chi connectivity index (χ1n) is 15.7. The molecule has 4 aromatic carbocycles. The van der Waals surface area contributed by atoms with Crippen LogP contribution in [0, 0.1) is 6.92 Å². The second kappa shape index (κ2) is 11.2. The SMILES string of the molecule is Cc1cc(Cc2cc(Cc3cc(C(C)(C)C)c(O)c(C(C)(C)C)c3)c(O)c(C(C)(C)C)c2)c(O)c(-n2nc3ccccc3n2)c1. The summed E-state index contributed by atoms with van der Waals surface area (Å²) in [6, 6.07) is 19.8. The Morgan fingerprint density at radius 3 is 1.44 bits per heavy atom. The normalized spacial score (nSPS) is 12.7. The van der Waals surface area contributed by atoms with Gasteiger partial charge in [-0.1, -0.05) is 105 Å². The van der Waals surface area contributed by atoms with Crippen molar-refractivity contribution in [2.45, 2.75) is 98.3 Å². The molecule has 1 heterocycles. The molecule has 0 aliphatic rings. The van der Waals surface area contributed by atoms with Crippen molar-refractivity contribution in [3.05, 3.63) is 105 Å². The fourth-order valence-corrected chi connectivity index (χ4v) is 6.04. The molecule has 0 fully saturated rings. The van der Waals surface area contributed by atoms with Gasteiger partial charge in [-0.2, -0.15) is 0 Å². The predicted molar refractivity (Wildman–Crippen MR) is 183 cm³/mol. The lowest BCUT2D eigenvalue weighted by atomic mass is 9.77. The minimum absolute atomic E-state index is 0.135. The van der Waals surface area contributed by atoms with E-state index in [0.29, 0.717) is 24.3 Å². The van der Waals surface area contributed by atoms with E-state index in [4.69, 9.17) is 0 Å². The number of rotatable bonds is 5. The topological polar surface area (TPSA) is 91.4 Å². The van der Waals surface area contributed by atoms with Crippen LogP contribution in [0.2, 0.25) is 0 Å². The highest BCUT2D eigenvalue weighted by molar-refractivity contribution is 5.74. The summed E-state index contributed by atoms with van der Waals surface area (Å²) in [6.07, 6.45) is 0.970. The lowest BCUT2D eigenvalue weighted by Gasteiger charge is -2.28. The van der Waals surface area contributed by atoms with Crippen molar-refractivity contribution in [2.24, 2.45) is 0 Å². The van der Waals surface area contributed by atoms with Crippen LogP contribution in [0.15, 0.2) is 60.7 Å². The minimum atomic E-state index is -0.310. The molecule has 5 rings (SSSR count). The van der Waals surface area contributed by atoms with E-state index in [0.717, 1.165) is 55.5 Å². The van der Waals surface area contributed by atoms with E-state index in [1.807, 2.05) is 49.4 Å². The Hall–Kier alpha value is -4.32. The van der Waals surface area contributed by atoms with Gasteiger partial charge in [0.25, 0.3) is 0 Å². The van der Waals surface area contributed by atoms with Gasteiger partial charge in [-0.3, -0.25) is 0 Å². The second-order valence-electron chi connectivity index (χ2n) is 15.6. The minimum Gasteiger partial charge on any atom is -0.507 e. The smallest absolute Gasteiger partial charge is 0.146 e. The number of fused-ring (bicyclic) bond motifs is 1. The molecular weight excluding hydrogens is 558 g/mol. The highest BCUT2D eigenvalue weighted by atomic mass is 16.3. The van der Waals surface area contributed by atoms with Crippen LogP contribution in [-0.2, 0) is 29.1 Å². The fourth-order valence-electron chi connectivity index (χ4n) is 6.04. The summed E-state index contributed by atoms with van der Waals surface area (Å²) in [5.41, 5.74) is 8.47. The van der Waals surface area contributed by atoms with E-state index < -0.39 is 0 Å². The van der Waals surface area contributed by atoms with Crippen LogP contribution < -0.4 is 0 Å². The standard InChI is InChI=1S/C39H47N3O3/c1-23-15-26(35(44)33(16-23)42-40-31-13-11-12-14-32(31)41-42)17-24-18-27(34(43)28(20-24)37(2,3)4)19-25-21-29(38(5,6)7)36(45)30(22-25)39(8,9)10/h11-16,18,20-22,43-45H,17,19H2,1-10H3. The Bertz CT molecular complexity index is 1830. The Kier molecular flexibility index (Phi) is 8.01. The van der Waals surface area contributed by atoms with E-state index in [-0.39, 0.29) is 27.7 Å². The Balaban J connectivity index is 1.61. The number of aromatic hydroxyl groups is 3. The zero-order chi connectivity index (χ0) is 33.1. The Morgan fingerprint density at radius 1 is 0.556 bits per heavy atom. The third-order valence-corrected chi connectivity index (χ3v) is 8.45. The molecule has 0 aliphatic heterocycles. The van der Waals surface area contributed by atoms with Crippen molar-refractivity contribution < 1.29 is 15.3 Å². The zero-order valence-electron chi connectivity index (χ0n) is 28.4. The number of benzene rings is 4. The van der Waals surface area contributed by atoms with Crippen molar-refractivity contribution >= 4 is 11.0 Å². The number of phenols is 3. The average molecular weight is 606 g/mol. The van der Waals surface area contributed by atoms with Crippen molar-refractivity contribution in [1.29, 1.82) is 0 Å². The molecule has 0 bridgehead atoms. The molecule has 0 amide bonds. The third-order valence-electron chi connectivity index (χ3n) is 8.45. The number of phenolic OH excluding ortho intramolecular Hbond substituents is 3. The molecule has 3 N–H and O–H groups in total. The van der Waals surface area contributed by atoms with Gasteiger partial charge in [0.15, 0.2) is 0 Å². The molecule has 0 unspecified atom stereocenters. The van der Waals surface area contributed by atoms with Crippen LogP contribution in [0.25, 0.3) is 16.7 Å². The maximum Gasteiger partial charge on any atom is 0.146 e. The quantitative estimate of drug-likeness (QED) is 0.186. The highest BCUT2D eigenvalue weighted by Gasteiger charge is 2.28. The van der Waals surface area contributed by atoms with Gasteiger partial charge in [0.05, 0.1) is 0 Å². The monoisotopic (exact) mass is 605 g/mol. The largest absolute Gasteiger partial charge is 0.507 e. The van der Waals surface area contributed by atoms with Gasteiger partial charge >= 0.3 is 0 Å². The van der Waals surface area contributed by atoms with Gasteiger partial charge in [0.2, 0.25) is 0 Å². The third kappa shape index (κ3) is 6.56. The molecule has 45 heavy (non-hydrogen) atoms. The molecule has 6 nitrogen and oxygen atoms in total. The molecule has 0 atom stereocenters. The number of aryl methyl sites for hydroxylation is 1. The van der Waals surface area contributed by atoms with Crippen LogP contribution in [-0.4, -0.2) is 30.3 Å². The summed E-state index contributed by atoms with van der Waals surface area (Å²) in [4.78, 5) is 1.50. The molecule has 236 valence electrons. The molecule has 5 aromatic rings. The lowest BCUT2D eigenvalue weighted by molar-refractivity contribution is 0.422. The zero-order valence-corrected chi connectivity index (χ0v) is 28.4. The number of nitrogens with zero attached hydrogens (tertiary/aromatic N) is 3. The maximum absolute atomic E-state index is 11.6. The van der Waals surface area contributed by atoms with Crippen LogP contribution in [0.4, 0.5) is 0 Å². The first-order chi connectivity index (χ1) is 20.8. The number of aromatic nitrogens is 3. The van der Waals surface area contributed by atoms with E-state index in [1.165, 1.54) is 4.80 Å². The van der Waals surface area contributed by atoms with Crippen LogP contribution in [0.1, 0.15) is 107 Å². The van der Waals surface area contributed by atoms with Gasteiger partial charge in [0, 0.05) is 18.4 Å². The number of hydrogen-bond acceptors (Lipinski definition) is 5. The molecule has 6 heteroatoms. The number of hydrogen-bond donors (Lipinski definition) is 3. The molecule has 1 aromatic heterocycles. The summed E-state index contributed by atoms with van der Waals surface area (Å²) in [5, 5.41) is 43.6. The molecule has 0 aliphatic carbocycles.